The van der Waals surface area contributed by atoms with E-state index < -0.39 is 30.1 Å². The summed E-state index contributed by atoms with van der Waals surface area (Å²) in [6.45, 7) is 0.665. The van der Waals surface area contributed by atoms with E-state index in [4.69, 9.17) is 21.4 Å². The number of carbonyl (C=O) groups excluding carboxylic acids is 3. The minimum atomic E-state index is -1.03. The molecule has 14 heteroatoms. The standard InChI is InChI=1S/C29H32ClFN6O6/c1-35(27(39)33-17-21-7-4-8-23(31)26(21)30)22(9-10-25(38)36-11-13-37(14-12-36)29(41)42)18-43-28(40)34-24-15-19-5-2-3-6-20(19)16-32-24/h2-8,15-16,22H,9-14,17-18H2,1H3,(H,33,39)(H,41,42)(H,32,34,40)/t22-/m0/s1. The van der Waals surface area contributed by atoms with Crippen LogP contribution in [0.25, 0.3) is 10.8 Å². The Morgan fingerprint density at radius 2 is 1.77 bits per heavy atom. The van der Waals surface area contributed by atoms with Crippen LogP contribution in [0.15, 0.2) is 54.7 Å². The highest BCUT2D eigenvalue weighted by molar-refractivity contribution is 6.31. The number of ether oxygens (including phenoxy) is 1. The van der Waals surface area contributed by atoms with Gasteiger partial charge < -0.3 is 29.9 Å². The molecular formula is C29H32ClFN6O6. The van der Waals surface area contributed by atoms with Gasteiger partial charge >= 0.3 is 18.2 Å². The van der Waals surface area contributed by atoms with Crippen LogP contribution in [-0.4, -0.2) is 94.8 Å². The molecule has 43 heavy (non-hydrogen) atoms. The van der Waals surface area contributed by atoms with Crippen LogP contribution < -0.4 is 10.6 Å². The van der Waals surface area contributed by atoms with Gasteiger partial charge in [-0.05, 0) is 29.5 Å². The van der Waals surface area contributed by atoms with Gasteiger partial charge in [0.2, 0.25) is 5.91 Å². The number of urea groups is 1. The molecule has 0 aliphatic carbocycles. The second kappa shape index (κ2) is 14.5. The molecule has 1 aliphatic heterocycles. The Morgan fingerprint density at radius 3 is 2.49 bits per heavy atom. The number of fused-ring (bicyclic) bond motifs is 1. The first kappa shape index (κ1) is 31.3. The van der Waals surface area contributed by atoms with Crippen molar-refractivity contribution in [3.63, 3.8) is 0 Å². The maximum absolute atomic E-state index is 13.8. The Balaban J connectivity index is 1.37. The van der Waals surface area contributed by atoms with Crippen LogP contribution in [-0.2, 0) is 16.1 Å². The fourth-order valence-corrected chi connectivity index (χ4v) is 4.79. The molecule has 0 unspecified atom stereocenters. The zero-order valence-electron chi connectivity index (χ0n) is 23.5. The number of pyridine rings is 1. The predicted molar refractivity (Wildman–Crippen MR) is 157 cm³/mol. The van der Waals surface area contributed by atoms with Crippen molar-refractivity contribution in [3.05, 3.63) is 71.1 Å². The number of nitrogens with zero attached hydrogens (tertiary/aromatic N) is 4. The van der Waals surface area contributed by atoms with E-state index in [1.54, 1.807) is 23.2 Å². The maximum atomic E-state index is 13.8. The molecule has 228 valence electrons. The van der Waals surface area contributed by atoms with Crippen molar-refractivity contribution in [2.45, 2.75) is 25.4 Å². The fraction of sp³-hybridized carbons (Fsp3) is 0.345. The van der Waals surface area contributed by atoms with E-state index in [-0.39, 0.29) is 68.9 Å². The first-order valence-electron chi connectivity index (χ1n) is 13.6. The molecule has 3 N–H and O–H groups in total. The van der Waals surface area contributed by atoms with E-state index in [0.29, 0.717) is 5.56 Å². The molecule has 1 saturated heterocycles. The van der Waals surface area contributed by atoms with Gasteiger partial charge in [0.1, 0.15) is 18.2 Å². The van der Waals surface area contributed by atoms with Crippen molar-refractivity contribution in [1.82, 2.24) is 25.0 Å². The molecule has 2 heterocycles. The average Bonchev–Trinajstić information content (AvgIpc) is 3.01. The highest BCUT2D eigenvalue weighted by atomic mass is 35.5. The Morgan fingerprint density at radius 1 is 1.07 bits per heavy atom. The van der Waals surface area contributed by atoms with Crippen molar-refractivity contribution >= 4 is 52.3 Å². The van der Waals surface area contributed by atoms with Gasteiger partial charge in [-0.25, -0.2) is 23.8 Å². The summed E-state index contributed by atoms with van der Waals surface area (Å²) in [4.78, 5) is 58.0. The molecule has 5 amide bonds. The van der Waals surface area contributed by atoms with Crippen LogP contribution in [0.4, 0.5) is 24.6 Å². The van der Waals surface area contributed by atoms with Crippen LogP contribution in [0.1, 0.15) is 18.4 Å². The van der Waals surface area contributed by atoms with Crippen LogP contribution >= 0.6 is 11.6 Å². The number of hydrogen-bond donors (Lipinski definition) is 3. The van der Waals surface area contributed by atoms with Gasteiger partial charge in [0.15, 0.2) is 0 Å². The largest absolute Gasteiger partial charge is 0.465 e. The van der Waals surface area contributed by atoms with E-state index in [9.17, 15) is 23.6 Å². The number of hydrogen-bond acceptors (Lipinski definition) is 6. The van der Waals surface area contributed by atoms with Gasteiger partial charge in [0.25, 0.3) is 0 Å². The van der Waals surface area contributed by atoms with Crippen molar-refractivity contribution in [2.24, 2.45) is 0 Å². The molecule has 1 aromatic heterocycles. The molecular weight excluding hydrogens is 583 g/mol. The molecule has 1 fully saturated rings. The molecule has 0 bridgehead atoms. The van der Waals surface area contributed by atoms with Crippen LogP contribution in [0, 0.1) is 5.82 Å². The highest BCUT2D eigenvalue weighted by Crippen LogP contribution is 2.20. The van der Waals surface area contributed by atoms with E-state index in [1.807, 2.05) is 24.3 Å². The van der Waals surface area contributed by atoms with Gasteiger partial charge in [-0.2, -0.15) is 0 Å². The van der Waals surface area contributed by atoms with E-state index in [2.05, 4.69) is 15.6 Å². The monoisotopic (exact) mass is 614 g/mol. The number of halogens is 2. The summed E-state index contributed by atoms with van der Waals surface area (Å²) in [5.74, 6) is -0.531. The lowest BCUT2D eigenvalue weighted by Gasteiger charge is -2.34. The van der Waals surface area contributed by atoms with Crippen molar-refractivity contribution in [3.8, 4) is 0 Å². The predicted octanol–water partition coefficient (Wildman–Crippen LogP) is 4.39. The fourth-order valence-electron chi connectivity index (χ4n) is 4.59. The Bertz CT molecular complexity index is 1480. The molecule has 4 rings (SSSR count). The third-order valence-electron chi connectivity index (χ3n) is 7.19. The lowest BCUT2D eigenvalue weighted by Crippen LogP contribution is -2.50. The SMILES string of the molecule is CN(C(=O)NCc1cccc(F)c1Cl)[C@@H](CCC(=O)N1CCN(C(=O)O)CC1)COC(=O)Nc1cc2ccccc2cn1. The number of carboxylic acid groups (broad SMARTS) is 1. The summed E-state index contributed by atoms with van der Waals surface area (Å²) in [6, 6.07) is 12.2. The van der Waals surface area contributed by atoms with Gasteiger partial charge in [-0.1, -0.05) is 48.0 Å². The Hall–Kier alpha value is -4.65. The number of likely N-dealkylation sites (N-methyl/N-ethyl adjacent to an activating group) is 1. The normalized spacial score (nSPS) is 13.7. The number of piperazine rings is 1. The number of rotatable bonds is 9. The minimum Gasteiger partial charge on any atom is -0.465 e. The van der Waals surface area contributed by atoms with Gasteiger partial charge in [-0.3, -0.25) is 10.1 Å². The molecule has 1 atom stereocenters. The summed E-state index contributed by atoms with van der Waals surface area (Å²) in [6.07, 6.45) is -0.0108. The molecule has 0 saturated carbocycles. The number of amides is 5. The maximum Gasteiger partial charge on any atom is 0.412 e. The van der Waals surface area contributed by atoms with Gasteiger partial charge in [0, 0.05) is 57.8 Å². The number of aromatic nitrogens is 1. The van der Waals surface area contributed by atoms with Crippen molar-refractivity contribution in [2.75, 3.05) is 45.2 Å². The average molecular weight is 615 g/mol. The van der Waals surface area contributed by atoms with Crippen LogP contribution in [0.3, 0.4) is 0 Å². The minimum absolute atomic E-state index is 0.0301. The summed E-state index contributed by atoms with van der Waals surface area (Å²) >= 11 is 6.00. The van der Waals surface area contributed by atoms with Crippen molar-refractivity contribution < 1.29 is 33.4 Å². The molecule has 3 aromatic rings. The number of nitrogens with one attached hydrogen (secondary N) is 2. The molecule has 12 nitrogen and oxygen atoms in total. The van der Waals surface area contributed by atoms with Crippen molar-refractivity contribution in [1.29, 1.82) is 0 Å². The second-order valence-corrected chi connectivity index (χ2v) is 10.3. The van der Waals surface area contributed by atoms with Crippen LogP contribution in [0.5, 0.6) is 0 Å². The number of benzene rings is 2. The third kappa shape index (κ3) is 8.44. The Kier molecular flexibility index (Phi) is 10.5. The van der Waals surface area contributed by atoms with E-state index >= 15 is 0 Å². The summed E-state index contributed by atoms with van der Waals surface area (Å²) in [5, 5.41) is 16.1. The van der Waals surface area contributed by atoms with Gasteiger partial charge in [-0.15, -0.1) is 0 Å². The summed E-state index contributed by atoms with van der Waals surface area (Å²) in [7, 11) is 1.50. The highest BCUT2D eigenvalue weighted by Gasteiger charge is 2.27. The molecule has 1 aliphatic rings. The number of carbonyl (C=O) groups is 4. The molecule has 0 spiro atoms. The second-order valence-electron chi connectivity index (χ2n) is 9.97. The summed E-state index contributed by atoms with van der Waals surface area (Å²) < 4.78 is 19.2. The zero-order valence-corrected chi connectivity index (χ0v) is 24.2. The smallest absolute Gasteiger partial charge is 0.412 e. The van der Waals surface area contributed by atoms with E-state index in [1.165, 1.54) is 29.0 Å². The Labute approximate surface area is 252 Å². The third-order valence-corrected chi connectivity index (χ3v) is 7.62. The first-order valence-corrected chi connectivity index (χ1v) is 14.0. The molecule has 0 radical (unpaired) electrons. The van der Waals surface area contributed by atoms with E-state index in [0.717, 1.165) is 10.8 Å². The summed E-state index contributed by atoms with van der Waals surface area (Å²) in [5.41, 5.74) is 0.383. The lowest BCUT2D eigenvalue weighted by atomic mass is 10.1. The topological polar surface area (TPSA) is 144 Å². The number of anilines is 1. The van der Waals surface area contributed by atoms with Gasteiger partial charge in [0.05, 0.1) is 11.1 Å². The zero-order chi connectivity index (χ0) is 30.9. The molecule has 2 aromatic carbocycles. The van der Waals surface area contributed by atoms with Crippen LogP contribution in [0.2, 0.25) is 5.02 Å². The first-order chi connectivity index (χ1) is 20.6. The lowest BCUT2D eigenvalue weighted by molar-refractivity contribution is -0.133. The quantitative estimate of drug-likeness (QED) is 0.324.